The number of amides is 1. The van der Waals surface area contributed by atoms with Gasteiger partial charge >= 0.3 is 6.09 Å². The van der Waals surface area contributed by atoms with E-state index in [1.807, 2.05) is 24.5 Å². The molecule has 4 heteroatoms. The zero-order chi connectivity index (χ0) is 12.7. The van der Waals surface area contributed by atoms with Crippen LogP contribution < -0.4 is 4.74 Å². The molecule has 0 aliphatic carbocycles. The van der Waals surface area contributed by atoms with Gasteiger partial charge in [-0.25, -0.2) is 4.79 Å². The van der Waals surface area contributed by atoms with Crippen molar-refractivity contribution in [3.8, 4) is 5.75 Å². The van der Waals surface area contributed by atoms with E-state index in [0.717, 1.165) is 12.2 Å². The lowest BCUT2D eigenvalue weighted by Gasteiger charge is -2.25. The molecule has 0 radical (unpaired) electrons. The van der Waals surface area contributed by atoms with Gasteiger partial charge in [0.25, 0.3) is 0 Å². The van der Waals surface area contributed by atoms with E-state index < -0.39 is 0 Å². The third-order valence-electron chi connectivity index (χ3n) is 2.61. The number of carbonyl (C=O) groups excluding carboxylic acids is 1. The minimum Gasteiger partial charge on any atom is -0.410 e. The van der Waals surface area contributed by atoms with Gasteiger partial charge in [-0.15, -0.1) is 0 Å². The van der Waals surface area contributed by atoms with Gasteiger partial charge in [0.2, 0.25) is 0 Å². The van der Waals surface area contributed by atoms with Crippen molar-refractivity contribution in [1.82, 2.24) is 4.90 Å². The van der Waals surface area contributed by atoms with Gasteiger partial charge in [-0.1, -0.05) is 25.1 Å². The van der Waals surface area contributed by atoms with E-state index in [0.29, 0.717) is 5.75 Å². The van der Waals surface area contributed by atoms with Gasteiger partial charge < -0.3 is 9.64 Å². The summed E-state index contributed by atoms with van der Waals surface area (Å²) in [6.45, 7) is 2.08. The maximum absolute atomic E-state index is 11.9. The summed E-state index contributed by atoms with van der Waals surface area (Å²) in [6.07, 6.45) is 2.68. The first-order valence-corrected chi connectivity index (χ1v) is 7.07. The van der Waals surface area contributed by atoms with Crippen molar-refractivity contribution in [2.24, 2.45) is 0 Å². The Bertz CT molecular complexity index is 343. The first kappa shape index (κ1) is 13.9. The molecule has 1 unspecified atom stereocenters. The number of hydrogen-bond donors (Lipinski definition) is 0. The summed E-state index contributed by atoms with van der Waals surface area (Å²) in [5, 5.41) is 0. The number of rotatable bonds is 5. The van der Waals surface area contributed by atoms with Crippen molar-refractivity contribution in [3.05, 3.63) is 30.3 Å². The lowest BCUT2D eigenvalue weighted by molar-refractivity contribution is 0.148. The molecule has 0 aliphatic rings. The van der Waals surface area contributed by atoms with Crippen LogP contribution in [-0.4, -0.2) is 36.1 Å². The molecule has 3 nitrogen and oxygen atoms in total. The molecule has 0 heterocycles. The van der Waals surface area contributed by atoms with Gasteiger partial charge in [0, 0.05) is 18.8 Å². The zero-order valence-corrected chi connectivity index (χ0v) is 11.4. The highest BCUT2D eigenvalue weighted by Crippen LogP contribution is 2.13. The van der Waals surface area contributed by atoms with Crippen LogP contribution in [0.4, 0.5) is 4.79 Å². The summed E-state index contributed by atoms with van der Waals surface area (Å²) in [7, 11) is 1.79. The van der Waals surface area contributed by atoms with Crippen molar-refractivity contribution < 1.29 is 9.53 Å². The molecule has 0 aliphatic heterocycles. The van der Waals surface area contributed by atoms with Gasteiger partial charge in [-0.3, -0.25) is 0 Å². The monoisotopic (exact) mass is 253 g/mol. The van der Waals surface area contributed by atoms with E-state index in [4.69, 9.17) is 4.74 Å². The topological polar surface area (TPSA) is 29.5 Å². The summed E-state index contributed by atoms with van der Waals surface area (Å²) in [5.41, 5.74) is 0. The average molecular weight is 253 g/mol. The van der Waals surface area contributed by atoms with E-state index in [9.17, 15) is 4.79 Å². The summed E-state index contributed by atoms with van der Waals surface area (Å²) >= 11 is 1.74. The largest absolute Gasteiger partial charge is 0.415 e. The van der Waals surface area contributed by atoms with Crippen molar-refractivity contribution in [2.45, 2.75) is 19.4 Å². The molecule has 1 atom stereocenters. The van der Waals surface area contributed by atoms with E-state index in [2.05, 4.69) is 6.92 Å². The van der Waals surface area contributed by atoms with Gasteiger partial charge in [0.05, 0.1) is 0 Å². The molecule has 0 saturated heterocycles. The van der Waals surface area contributed by atoms with Crippen LogP contribution in [0.3, 0.4) is 0 Å². The predicted octanol–water partition coefficient (Wildman–Crippen LogP) is 3.26. The highest BCUT2D eigenvalue weighted by atomic mass is 32.2. The predicted molar refractivity (Wildman–Crippen MR) is 72.7 cm³/mol. The molecule has 1 rings (SSSR count). The average Bonchev–Trinajstić information content (AvgIpc) is 2.36. The second-order valence-electron chi connectivity index (χ2n) is 3.81. The highest BCUT2D eigenvalue weighted by molar-refractivity contribution is 7.98. The molecular formula is C13H19NO2S. The normalized spacial score (nSPS) is 11.9. The molecule has 1 aromatic carbocycles. The molecular weight excluding hydrogens is 234 g/mol. The lowest BCUT2D eigenvalue weighted by atomic mass is 10.2. The van der Waals surface area contributed by atoms with Gasteiger partial charge in [-0.2, -0.15) is 11.8 Å². The molecule has 0 spiro atoms. The Morgan fingerprint density at radius 3 is 2.59 bits per heavy atom. The van der Waals surface area contributed by atoms with Crippen LogP contribution in [0.2, 0.25) is 0 Å². The molecule has 0 aromatic heterocycles. The quantitative estimate of drug-likeness (QED) is 0.806. The molecule has 0 saturated carbocycles. The number of carbonyl (C=O) groups is 1. The van der Waals surface area contributed by atoms with Crippen LogP contribution in [-0.2, 0) is 0 Å². The zero-order valence-electron chi connectivity index (χ0n) is 10.6. The number of ether oxygens (including phenoxy) is 1. The third-order valence-corrected chi connectivity index (χ3v) is 3.33. The van der Waals surface area contributed by atoms with Crippen molar-refractivity contribution >= 4 is 17.9 Å². The number of para-hydroxylation sites is 1. The Morgan fingerprint density at radius 2 is 2.06 bits per heavy atom. The molecule has 1 aromatic rings. The molecule has 0 fully saturated rings. The van der Waals surface area contributed by atoms with E-state index in [1.165, 1.54) is 0 Å². The molecule has 0 N–H and O–H groups in total. The summed E-state index contributed by atoms with van der Waals surface area (Å²) in [4.78, 5) is 13.6. The SMILES string of the molecule is CCC(CSC)N(C)C(=O)Oc1ccccc1. The van der Waals surface area contributed by atoms with Crippen molar-refractivity contribution in [3.63, 3.8) is 0 Å². The number of nitrogens with zero attached hydrogens (tertiary/aromatic N) is 1. The van der Waals surface area contributed by atoms with Crippen LogP contribution in [0.5, 0.6) is 5.75 Å². The van der Waals surface area contributed by atoms with E-state index in [-0.39, 0.29) is 12.1 Å². The van der Waals surface area contributed by atoms with Gasteiger partial charge in [-0.05, 0) is 24.8 Å². The number of benzene rings is 1. The second-order valence-corrected chi connectivity index (χ2v) is 4.72. The lowest BCUT2D eigenvalue weighted by Crippen LogP contribution is -2.40. The Kier molecular flexibility index (Phi) is 5.91. The molecule has 0 bridgehead atoms. The Morgan fingerprint density at radius 1 is 1.41 bits per heavy atom. The Labute approximate surface area is 107 Å². The Balaban J connectivity index is 2.57. The molecule has 17 heavy (non-hydrogen) atoms. The van der Waals surface area contributed by atoms with Crippen molar-refractivity contribution in [2.75, 3.05) is 19.1 Å². The van der Waals surface area contributed by atoms with E-state index in [1.54, 1.807) is 35.8 Å². The van der Waals surface area contributed by atoms with Gasteiger partial charge in [0.1, 0.15) is 5.75 Å². The standard InChI is InChI=1S/C13H19NO2S/c1-4-11(10-17-3)14(2)13(15)16-12-8-6-5-7-9-12/h5-9,11H,4,10H2,1-3H3. The fraction of sp³-hybridized carbons (Fsp3) is 0.462. The van der Waals surface area contributed by atoms with Crippen LogP contribution in [0, 0.1) is 0 Å². The fourth-order valence-corrected chi connectivity index (χ4v) is 2.35. The van der Waals surface area contributed by atoms with Crippen LogP contribution in [0.1, 0.15) is 13.3 Å². The molecule has 94 valence electrons. The van der Waals surface area contributed by atoms with E-state index >= 15 is 0 Å². The first-order valence-electron chi connectivity index (χ1n) is 5.67. The van der Waals surface area contributed by atoms with Gasteiger partial charge in [0.15, 0.2) is 0 Å². The fourth-order valence-electron chi connectivity index (χ4n) is 1.51. The van der Waals surface area contributed by atoms with Crippen molar-refractivity contribution in [1.29, 1.82) is 0 Å². The third kappa shape index (κ3) is 4.30. The van der Waals surface area contributed by atoms with Crippen LogP contribution in [0.15, 0.2) is 30.3 Å². The first-order chi connectivity index (χ1) is 8.19. The minimum absolute atomic E-state index is 0.223. The summed E-state index contributed by atoms with van der Waals surface area (Å²) in [6, 6.07) is 9.37. The smallest absolute Gasteiger partial charge is 0.410 e. The number of hydrogen-bond acceptors (Lipinski definition) is 3. The summed E-state index contributed by atoms with van der Waals surface area (Å²) in [5.74, 6) is 1.51. The maximum atomic E-state index is 11.9. The van der Waals surface area contributed by atoms with Crippen LogP contribution in [0.25, 0.3) is 0 Å². The maximum Gasteiger partial charge on any atom is 0.415 e. The Hall–Kier alpha value is -1.16. The highest BCUT2D eigenvalue weighted by Gasteiger charge is 2.19. The van der Waals surface area contributed by atoms with Crippen LogP contribution >= 0.6 is 11.8 Å². The number of thioether (sulfide) groups is 1. The molecule has 1 amide bonds. The minimum atomic E-state index is -0.294. The second kappa shape index (κ2) is 7.22. The summed E-state index contributed by atoms with van der Waals surface area (Å²) < 4.78 is 5.28.